The van der Waals surface area contributed by atoms with Crippen molar-refractivity contribution in [3.8, 4) is 5.75 Å². The van der Waals surface area contributed by atoms with E-state index in [4.69, 9.17) is 28.9 Å². The van der Waals surface area contributed by atoms with E-state index in [0.29, 0.717) is 10.6 Å². The monoisotopic (exact) mass is 269 g/mol. The predicted molar refractivity (Wildman–Crippen MR) is 67.2 cm³/mol. The summed E-state index contributed by atoms with van der Waals surface area (Å²) < 4.78 is 0. The Bertz CT molecular complexity index is 331. The Morgan fingerprint density at radius 3 is 2.53 bits per heavy atom. The molecule has 0 saturated heterocycles. The van der Waals surface area contributed by atoms with Gasteiger partial charge in [-0.25, -0.2) is 0 Å². The van der Waals surface area contributed by atoms with Crippen LogP contribution in [0.3, 0.4) is 0 Å². The lowest BCUT2D eigenvalue weighted by Crippen LogP contribution is -2.10. The van der Waals surface area contributed by atoms with Crippen molar-refractivity contribution in [2.24, 2.45) is 5.73 Å². The highest BCUT2D eigenvalue weighted by Gasteiger charge is 2.13. The van der Waals surface area contributed by atoms with Crippen LogP contribution in [0.2, 0.25) is 10.0 Å². The van der Waals surface area contributed by atoms with Crippen molar-refractivity contribution in [3.05, 3.63) is 27.7 Å². The number of benzene rings is 1. The smallest absolute Gasteiger partial charge is 0.139 e. The fourth-order valence-electron chi connectivity index (χ4n) is 1.34. The topological polar surface area (TPSA) is 46.2 Å². The van der Waals surface area contributed by atoms with Crippen LogP contribution in [0.5, 0.6) is 5.75 Å². The van der Waals surface area contributed by atoms with Gasteiger partial charge < -0.3 is 10.8 Å². The zero-order chi connectivity index (χ0) is 10.7. The molecule has 15 heavy (non-hydrogen) atoms. The van der Waals surface area contributed by atoms with E-state index in [1.165, 1.54) is 6.07 Å². The molecule has 0 aliphatic carbocycles. The van der Waals surface area contributed by atoms with E-state index in [1.54, 1.807) is 6.07 Å². The summed E-state index contributed by atoms with van der Waals surface area (Å²) in [5.74, 6) is 0.0389. The Morgan fingerprint density at radius 2 is 2.00 bits per heavy atom. The summed E-state index contributed by atoms with van der Waals surface area (Å²) in [5, 5.41) is 10.4. The van der Waals surface area contributed by atoms with Gasteiger partial charge in [0.15, 0.2) is 0 Å². The molecule has 1 aromatic carbocycles. The second kappa shape index (κ2) is 6.44. The summed E-state index contributed by atoms with van der Waals surface area (Å²) in [6, 6.07) is 2.94. The Balaban J connectivity index is 0.00000196. The third-order valence-corrected chi connectivity index (χ3v) is 2.56. The van der Waals surface area contributed by atoms with Gasteiger partial charge in [0.1, 0.15) is 5.75 Å². The molecule has 5 heteroatoms. The Morgan fingerprint density at radius 1 is 1.40 bits per heavy atom. The number of aromatic hydroxyl groups is 1. The molecule has 0 amide bonds. The van der Waals surface area contributed by atoms with Crippen LogP contribution < -0.4 is 5.73 Å². The first-order valence-corrected chi connectivity index (χ1v) is 5.25. The lowest BCUT2D eigenvalue weighted by atomic mass is 10.0. The van der Waals surface area contributed by atoms with Crippen LogP contribution in [-0.4, -0.2) is 5.11 Å². The molecular weight excluding hydrogens is 256 g/mol. The molecule has 0 aliphatic rings. The summed E-state index contributed by atoms with van der Waals surface area (Å²) in [5.41, 5.74) is 6.48. The lowest BCUT2D eigenvalue weighted by molar-refractivity contribution is 0.458. The van der Waals surface area contributed by atoms with Crippen LogP contribution in [0.15, 0.2) is 12.1 Å². The zero-order valence-corrected chi connectivity index (χ0v) is 10.7. The van der Waals surface area contributed by atoms with Gasteiger partial charge in [-0.15, -0.1) is 12.4 Å². The van der Waals surface area contributed by atoms with Crippen molar-refractivity contribution in [1.29, 1.82) is 0 Å². The quantitative estimate of drug-likeness (QED) is 0.874. The molecule has 0 aliphatic heterocycles. The van der Waals surface area contributed by atoms with E-state index in [2.05, 4.69) is 0 Å². The van der Waals surface area contributed by atoms with Gasteiger partial charge in [-0.05, 0) is 18.6 Å². The molecule has 1 aromatic rings. The average molecular weight is 271 g/mol. The maximum Gasteiger partial charge on any atom is 0.139 e. The van der Waals surface area contributed by atoms with Crippen LogP contribution in [0, 0.1) is 0 Å². The number of rotatable bonds is 3. The summed E-state index contributed by atoms with van der Waals surface area (Å²) in [7, 11) is 0. The third kappa shape index (κ3) is 3.72. The number of hydrogen-bond acceptors (Lipinski definition) is 2. The predicted octanol–water partition coefficient (Wildman–Crippen LogP) is 3.92. The second-order valence-electron chi connectivity index (χ2n) is 3.22. The SMILES string of the molecule is CCC[C@H](N)c1cc(Cl)cc(Cl)c1O.Cl. The van der Waals surface area contributed by atoms with E-state index in [0.717, 1.165) is 12.8 Å². The molecule has 1 atom stereocenters. The van der Waals surface area contributed by atoms with Crippen LogP contribution >= 0.6 is 35.6 Å². The first kappa shape index (κ1) is 14.8. The summed E-state index contributed by atoms with van der Waals surface area (Å²) in [4.78, 5) is 0. The molecule has 0 spiro atoms. The zero-order valence-electron chi connectivity index (χ0n) is 8.34. The minimum absolute atomic E-state index is 0. The minimum Gasteiger partial charge on any atom is -0.506 e. The van der Waals surface area contributed by atoms with E-state index in [1.807, 2.05) is 6.92 Å². The molecule has 3 N–H and O–H groups in total. The Labute approximate surface area is 106 Å². The standard InChI is InChI=1S/C10H13Cl2NO.ClH/c1-2-3-9(13)7-4-6(11)5-8(12)10(7)14;/h4-5,9,14H,2-3,13H2,1H3;1H/t9-;/m0./s1. The molecule has 0 aromatic heterocycles. The van der Waals surface area contributed by atoms with E-state index < -0.39 is 0 Å². The van der Waals surface area contributed by atoms with E-state index in [9.17, 15) is 5.11 Å². The van der Waals surface area contributed by atoms with Gasteiger partial charge in [-0.2, -0.15) is 0 Å². The normalized spacial score (nSPS) is 12.0. The van der Waals surface area contributed by atoms with E-state index >= 15 is 0 Å². The van der Waals surface area contributed by atoms with Crippen molar-refractivity contribution >= 4 is 35.6 Å². The van der Waals surface area contributed by atoms with Gasteiger partial charge in [0, 0.05) is 16.6 Å². The van der Waals surface area contributed by atoms with E-state index in [-0.39, 0.29) is 29.2 Å². The van der Waals surface area contributed by atoms with Crippen molar-refractivity contribution < 1.29 is 5.11 Å². The maximum absolute atomic E-state index is 9.65. The lowest BCUT2D eigenvalue weighted by Gasteiger charge is -2.13. The van der Waals surface area contributed by atoms with Crippen molar-refractivity contribution in [2.75, 3.05) is 0 Å². The third-order valence-electron chi connectivity index (χ3n) is 2.06. The number of halogens is 3. The first-order valence-electron chi connectivity index (χ1n) is 4.49. The van der Waals surface area contributed by atoms with Crippen molar-refractivity contribution in [1.82, 2.24) is 0 Å². The highest BCUT2D eigenvalue weighted by atomic mass is 35.5. The molecule has 0 unspecified atom stereocenters. The molecule has 86 valence electrons. The number of hydrogen-bond donors (Lipinski definition) is 2. The molecule has 0 bridgehead atoms. The van der Waals surface area contributed by atoms with Gasteiger partial charge in [0.2, 0.25) is 0 Å². The molecule has 0 saturated carbocycles. The number of nitrogens with two attached hydrogens (primary N) is 1. The second-order valence-corrected chi connectivity index (χ2v) is 4.06. The van der Waals surface area contributed by atoms with Crippen LogP contribution in [-0.2, 0) is 0 Å². The molecule has 0 radical (unpaired) electrons. The molecule has 0 fully saturated rings. The van der Waals surface area contributed by atoms with Gasteiger partial charge >= 0.3 is 0 Å². The summed E-state index contributed by atoms with van der Waals surface area (Å²) in [6.45, 7) is 2.03. The van der Waals surface area contributed by atoms with Gasteiger partial charge in [-0.1, -0.05) is 36.5 Å². The molecular formula is C10H14Cl3NO. The van der Waals surface area contributed by atoms with Gasteiger partial charge in [0.05, 0.1) is 5.02 Å². The average Bonchev–Trinajstić information content (AvgIpc) is 2.11. The van der Waals surface area contributed by atoms with Crippen molar-refractivity contribution in [2.45, 2.75) is 25.8 Å². The van der Waals surface area contributed by atoms with Crippen LogP contribution in [0.4, 0.5) is 0 Å². The highest BCUT2D eigenvalue weighted by molar-refractivity contribution is 6.35. The van der Waals surface area contributed by atoms with Gasteiger partial charge in [0.25, 0.3) is 0 Å². The number of phenolic OH excluding ortho intramolecular Hbond substituents is 1. The largest absolute Gasteiger partial charge is 0.506 e. The van der Waals surface area contributed by atoms with Crippen LogP contribution in [0.25, 0.3) is 0 Å². The Kier molecular flexibility index (Phi) is 6.37. The maximum atomic E-state index is 9.65. The molecule has 1 rings (SSSR count). The fourth-order valence-corrected chi connectivity index (χ4v) is 1.84. The first-order chi connectivity index (χ1) is 6.56. The Hall–Kier alpha value is -0.150. The highest BCUT2D eigenvalue weighted by Crippen LogP contribution is 2.35. The van der Waals surface area contributed by atoms with Gasteiger partial charge in [-0.3, -0.25) is 0 Å². The molecule has 0 heterocycles. The number of phenols is 1. The summed E-state index contributed by atoms with van der Waals surface area (Å²) in [6.07, 6.45) is 1.75. The minimum atomic E-state index is -0.212. The molecule has 2 nitrogen and oxygen atoms in total. The van der Waals surface area contributed by atoms with Crippen molar-refractivity contribution in [3.63, 3.8) is 0 Å². The summed E-state index contributed by atoms with van der Waals surface area (Å²) >= 11 is 11.6. The fraction of sp³-hybridized carbons (Fsp3) is 0.400. The van der Waals surface area contributed by atoms with Crippen LogP contribution in [0.1, 0.15) is 31.4 Å².